The van der Waals surface area contributed by atoms with E-state index in [1.807, 2.05) is 61.5 Å². The van der Waals surface area contributed by atoms with E-state index >= 15 is 0 Å². The molecule has 0 radical (unpaired) electrons. The SMILES string of the molecule is CN(C)Cc1cc(-c2ccccc2)ccc1OCC(=O)N1CCN(c2cccc(Cl)c2)CC1. The van der Waals surface area contributed by atoms with E-state index in [0.717, 1.165) is 52.8 Å². The summed E-state index contributed by atoms with van der Waals surface area (Å²) in [6.07, 6.45) is 0. The van der Waals surface area contributed by atoms with Gasteiger partial charge in [0.1, 0.15) is 5.75 Å². The van der Waals surface area contributed by atoms with Crippen LogP contribution in [0.3, 0.4) is 0 Å². The van der Waals surface area contributed by atoms with Gasteiger partial charge in [0.25, 0.3) is 5.91 Å². The van der Waals surface area contributed by atoms with Crippen molar-refractivity contribution in [1.29, 1.82) is 0 Å². The van der Waals surface area contributed by atoms with E-state index < -0.39 is 0 Å². The van der Waals surface area contributed by atoms with Gasteiger partial charge in [0.15, 0.2) is 6.61 Å². The Balaban J connectivity index is 1.37. The highest BCUT2D eigenvalue weighted by Crippen LogP contribution is 2.28. The molecule has 1 amide bonds. The van der Waals surface area contributed by atoms with Crippen LogP contribution in [0.4, 0.5) is 5.69 Å². The highest BCUT2D eigenvalue weighted by atomic mass is 35.5. The minimum Gasteiger partial charge on any atom is -0.483 e. The number of ether oxygens (including phenoxy) is 1. The molecule has 0 spiro atoms. The molecule has 0 atom stereocenters. The number of anilines is 1. The predicted molar refractivity (Wildman–Crippen MR) is 135 cm³/mol. The van der Waals surface area contributed by atoms with E-state index in [2.05, 4.69) is 40.1 Å². The number of carbonyl (C=O) groups excluding carboxylic acids is 1. The van der Waals surface area contributed by atoms with Gasteiger partial charge in [0, 0.05) is 49.0 Å². The van der Waals surface area contributed by atoms with Gasteiger partial charge in [-0.3, -0.25) is 4.79 Å². The molecule has 6 heteroatoms. The van der Waals surface area contributed by atoms with Crippen molar-refractivity contribution in [2.24, 2.45) is 0 Å². The molecule has 1 saturated heterocycles. The molecule has 4 rings (SSSR count). The molecule has 1 aliphatic rings. The fourth-order valence-corrected chi connectivity index (χ4v) is 4.30. The third-order valence-electron chi connectivity index (χ3n) is 5.81. The summed E-state index contributed by atoms with van der Waals surface area (Å²) in [7, 11) is 4.06. The largest absolute Gasteiger partial charge is 0.483 e. The van der Waals surface area contributed by atoms with Gasteiger partial charge in [-0.15, -0.1) is 0 Å². The molecule has 3 aromatic rings. The van der Waals surface area contributed by atoms with Crippen molar-refractivity contribution in [2.45, 2.75) is 6.54 Å². The van der Waals surface area contributed by atoms with Crippen molar-refractivity contribution >= 4 is 23.2 Å². The van der Waals surface area contributed by atoms with E-state index in [1.165, 1.54) is 0 Å². The minimum absolute atomic E-state index is 0.0173. The molecule has 0 unspecified atom stereocenters. The van der Waals surface area contributed by atoms with Crippen LogP contribution < -0.4 is 9.64 Å². The number of hydrogen-bond donors (Lipinski definition) is 0. The molecule has 5 nitrogen and oxygen atoms in total. The average Bonchev–Trinajstić information content (AvgIpc) is 2.83. The monoisotopic (exact) mass is 463 g/mol. The Morgan fingerprint density at radius 3 is 2.36 bits per heavy atom. The van der Waals surface area contributed by atoms with Crippen LogP contribution in [0.15, 0.2) is 72.8 Å². The van der Waals surface area contributed by atoms with Crippen LogP contribution in [0.5, 0.6) is 5.75 Å². The molecule has 1 fully saturated rings. The fraction of sp³-hybridized carbons (Fsp3) is 0.296. The second-order valence-electron chi connectivity index (χ2n) is 8.56. The molecule has 0 saturated carbocycles. The minimum atomic E-state index is 0.0173. The molecular formula is C27H30ClN3O2. The molecule has 0 aromatic heterocycles. The summed E-state index contributed by atoms with van der Waals surface area (Å²) in [5.41, 5.74) is 4.47. The summed E-state index contributed by atoms with van der Waals surface area (Å²) in [5.74, 6) is 0.776. The first-order valence-electron chi connectivity index (χ1n) is 11.2. The summed E-state index contributed by atoms with van der Waals surface area (Å²) in [6.45, 7) is 3.69. The predicted octanol–water partition coefficient (Wildman–Crippen LogP) is 4.80. The van der Waals surface area contributed by atoms with Crippen molar-refractivity contribution in [3.63, 3.8) is 0 Å². The Labute approximate surface area is 201 Å². The van der Waals surface area contributed by atoms with Crippen molar-refractivity contribution in [1.82, 2.24) is 9.80 Å². The molecule has 3 aromatic carbocycles. The smallest absolute Gasteiger partial charge is 0.260 e. The molecule has 172 valence electrons. The average molecular weight is 464 g/mol. The van der Waals surface area contributed by atoms with Crippen LogP contribution in [0.25, 0.3) is 11.1 Å². The second-order valence-corrected chi connectivity index (χ2v) is 9.00. The summed E-state index contributed by atoms with van der Waals surface area (Å²) in [6, 6.07) is 24.3. The lowest BCUT2D eigenvalue weighted by molar-refractivity contribution is -0.133. The van der Waals surface area contributed by atoms with Crippen LogP contribution in [0.1, 0.15) is 5.56 Å². The Morgan fingerprint density at radius 2 is 1.67 bits per heavy atom. The lowest BCUT2D eigenvalue weighted by atomic mass is 10.0. The maximum Gasteiger partial charge on any atom is 0.260 e. The first-order valence-corrected chi connectivity index (χ1v) is 11.6. The van der Waals surface area contributed by atoms with E-state index in [0.29, 0.717) is 13.1 Å². The second kappa shape index (κ2) is 10.7. The van der Waals surface area contributed by atoms with Gasteiger partial charge < -0.3 is 19.4 Å². The first kappa shape index (κ1) is 23.1. The summed E-state index contributed by atoms with van der Waals surface area (Å²) >= 11 is 6.12. The van der Waals surface area contributed by atoms with Gasteiger partial charge in [0.2, 0.25) is 0 Å². The number of piperazine rings is 1. The number of hydrogen-bond acceptors (Lipinski definition) is 4. The maximum absolute atomic E-state index is 12.8. The van der Waals surface area contributed by atoms with Crippen LogP contribution in [-0.2, 0) is 11.3 Å². The van der Waals surface area contributed by atoms with Crippen molar-refractivity contribution in [2.75, 3.05) is 51.8 Å². The standard InChI is InChI=1S/C27H30ClN3O2/c1-29(2)19-23-17-22(21-7-4-3-5-8-21)11-12-26(23)33-20-27(32)31-15-13-30(14-16-31)25-10-6-9-24(28)18-25/h3-12,17-18H,13-16,19-20H2,1-2H3. The maximum atomic E-state index is 12.8. The Bertz CT molecular complexity index is 1080. The van der Waals surface area contributed by atoms with Gasteiger partial charge >= 0.3 is 0 Å². The Hall–Kier alpha value is -3.02. The van der Waals surface area contributed by atoms with E-state index in [-0.39, 0.29) is 12.5 Å². The third kappa shape index (κ3) is 6.06. The first-order chi connectivity index (χ1) is 16.0. The van der Waals surface area contributed by atoms with Crippen molar-refractivity contribution in [3.8, 4) is 16.9 Å². The van der Waals surface area contributed by atoms with Gasteiger partial charge in [-0.2, -0.15) is 0 Å². The number of benzene rings is 3. The van der Waals surface area contributed by atoms with Crippen molar-refractivity contribution < 1.29 is 9.53 Å². The molecule has 0 bridgehead atoms. The van der Waals surface area contributed by atoms with E-state index in [1.54, 1.807) is 0 Å². The number of rotatable bonds is 7. The zero-order chi connectivity index (χ0) is 23.2. The highest BCUT2D eigenvalue weighted by molar-refractivity contribution is 6.30. The van der Waals surface area contributed by atoms with Crippen LogP contribution in [0, 0.1) is 0 Å². The quantitative estimate of drug-likeness (QED) is 0.504. The number of carbonyl (C=O) groups is 1. The highest BCUT2D eigenvalue weighted by Gasteiger charge is 2.22. The molecule has 0 N–H and O–H groups in total. The number of amides is 1. The fourth-order valence-electron chi connectivity index (χ4n) is 4.11. The van der Waals surface area contributed by atoms with Gasteiger partial charge in [-0.05, 0) is 55.6 Å². The van der Waals surface area contributed by atoms with Gasteiger partial charge in [0.05, 0.1) is 0 Å². The topological polar surface area (TPSA) is 36.0 Å². The summed E-state index contributed by atoms with van der Waals surface area (Å²) in [5, 5.41) is 0.728. The number of halogens is 1. The zero-order valence-electron chi connectivity index (χ0n) is 19.2. The van der Waals surface area contributed by atoms with Crippen molar-refractivity contribution in [3.05, 3.63) is 83.4 Å². The van der Waals surface area contributed by atoms with Crippen LogP contribution in [-0.4, -0.2) is 62.6 Å². The molecule has 1 heterocycles. The lowest BCUT2D eigenvalue weighted by Crippen LogP contribution is -2.50. The Morgan fingerprint density at radius 1 is 0.909 bits per heavy atom. The Kier molecular flexibility index (Phi) is 7.53. The normalized spacial score (nSPS) is 13.9. The number of nitrogens with zero attached hydrogens (tertiary/aromatic N) is 3. The van der Waals surface area contributed by atoms with Gasteiger partial charge in [-0.1, -0.05) is 54.1 Å². The summed E-state index contributed by atoms with van der Waals surface area (Å²) in [4.78, 5) is 19.1. The van der Waals surface area contributed by atoms with E-state index in [9.17, 15) is 4.79 Å². The molecule has 0 aliphatic carbocycles. The summed E-state index contributed by atoms with van der Waals surface area (Å²) < 4.78 is 6.02. The lowest BCUT2D eigenvalue weighted by Gasteiger charge is -2.36. The zero-order valence-corrected chi connectivity index (χ0v) is 20.0. The molecular weight excluding hydrogens is 434 g/mol. The van der Waals surface area contributed by atoms with Crippen LogP contribution >= 0.6 is 11.6 Å². The molecule has 33 heavy (non-hydrogen) atoms. The van der Waals surface area contributed by atoms with Crippen LogP contribution in [0.2, 0.25) is 5.02 Å². The van der Waals surface area contributed by atoms with E-state index in [4.69, 9.17) is 16.3 Å². The van der Waals surface area contributed by atoms with Gasteiger partial charge in [-0.25, -0.2) is 0 Å². The molecule has 1 aliphatic heterocycles. The third-order valence-corrected chi connectivity index (χ3v) is 6.05.